The maximum atomic E-state index is 12.8. The molecule has 180 valence electrons. The second kappa shape index (κ2) is 9.86. The van der Waals surface area contributed by atoms with E-state index >= 15 is 0 Å². The Morgan fingerprint density at radius 1 is 0.853 bits per heavy atom. The Hall–Kier alpha value is -3.37. The van der Waals surface area contributed by atoms with Gasteiger partial charge in [0.1, 0.15) is 0 Å². The Bertz CT molecular complexity index is 1380. The number of carbonyl (C=O) groups is 1. The lowest BCUT2D eigenvalue weighted by Gasteiger charge is -2.18. The Morgan fingerprint density at radius 3 is 1.94 bits per heavy atom. The molecule has 1 amide bonds. The molecule has 0 saturated heterocycles. The molecule has 2 N–H and O–H groups in total. The molecular weight excluding hydrogens is 474 g/mol. The molecule has 0 spiro atoms. The standard InChI is InChI=1S/C24H27N3O5S2/c1-5-33(29,30)27(4)21-13-9-19(10-14-21)24(28)25-20-11-15-22(16-12-20)34(31,32)26-23-17(2)7-6-8-18(23)3/h6-16,26H,5H2,1-4H3,(H,25,28). The number of anilines is 3. The maximum absolute atomic E-state index is 12.8. The Morgan fingerprint density at radius 2 is 1.41 bits per heavy atom. The van der Waals surface area contributed by atoms with Crippen LogP contribution in [0.25, 0.3) is 0 Å². The molecule has 0 aliphatic rings. The minimum absolute atomic E-state index is 0.0302. The van der Waals surface area contributed by atoms with Crippen molar-refractivity contribution in [2.75, 3.05) is 27.1 Å². The van der Waals surface area contributed by atoms with Crippen LogP contribution in [0, 0.1) is 13.8 Å². The highest BCUT2D eigenvalue weighted by molar-refractivity contribution is 7.93. The van der Waals surface area contributed by atoms with Crippen molar-refractivity contribution in [1.29, 1.82) is 0 Å². The molecule has 3 aromatic rings. The van der Waals surface area contributed by atoms with Gasteiger partial charge in [-0.2, -0.15) is 0 Å². The molecule has 0 aromatic heterocycles. The van der Waals surface area contributed by atoms with Crippen molar-refractivity contribution in [3.05, 3.63) is 83.4 Å². The zero-order valence-corrected chi connectivity index (χ0v) is 21.0. The molecule has 0 saturated carbocycles. The Balaban J connectivity index is 1.71. The van der Waals surface area contributed by atoms with Crippen LogP contribution in [0.15, 0.2) is 71.6 Å². The number of aryl methyl sites for hydroxylation is 2. The first-order valence-corrected chi connectivity index (χ1v) is 13.6. The number of hydrogen-bond acceptors (Lipinski definition) is 5. The Labute approximate surface area is 200 Å². The lowest BCUT2D eigenvalue weighted by Crippen LogP contribution is -2.28. The molecule has 3 aromatic carbocycles. The maximum Gasteiger partial charge on any atom is 0.261 e. The first-order chi connectivity index (χ1) is 15.9. The number of carbonyl (C=O) groups excluding carboxylic acids is 1. The molecule has 0 unspecified atom stereocenters. The highest BCUT2D eigenvalue weighted by atomic mass is 32.2. The van der Waals surface area contributed by atoms with Gasteiger partial charge >= 0.3 is 0 Å². The third-order valence-corrected chi connectivity index (χ3v) is 8.56. The van der Waals surface area contributed by atoms with Crippen LogP contribution in [0.5, 0.6) is 0 Å². The SMILES string of the molecule is CCS(=O)(=O)N(C)c1ccc(C(=O)Nc2ccc(S(=O)(=O)Nc3c(C)cccc3C)cc2)cc1. The summed E-state index contributed by atoms with van der Waals surface area (Å²) >= 11 is 0. The van der Waals surface area contributed by atoms with Crippen molar-refractivity contribution in [2.45, 2.75) is 25.7 Å². The van der Waals surface area contributed by atoms with Gasteiger partial charge in [-0.25, -0.2) is 16.8 Å². The lowest BCUT2D eigenvalue weighted by molar-refractivity contribution is 0.102. The molecular formula is C24H27N3O5S2. The van der Waals surface area contributed by atoms with E-state index in [4.69, 9.17) is 0 Å². The fraction of sp³-hybridized carbons (Fsp3) is 0.208. The van der Waals surface area contributed by atoms with Gasteiger partial charge in [0.05, 0.1) is 22.0 Å². The lowest BCUT2D eigenvalue weighted by atomic mass is 10.1. The van der Waals surface area contributed by atoms with Crippen LogP contribution < -0.4 is 14.3 Å². The fourth-order valence-corrected chi connectivity index (χ4v) is 5.30. The third kappa shape index (κ3) is 5.57. The number of hydrogen-bond donors (Lipinski definition) is 2. The summed E-state index contributed by atoms with van der Waals surface area (Å²) in [5.41, 5.74) is 3.38. The van der Waals surface area contributed by atoms with Crippen molar-refractivity contribution in [3.8, 4) is 0 Å². The van der Waals surface area contributed by atoms with E-state index in [-0.39, 0.29) is 10.6 Å². The largest absolute Gasteiger partial charge is 0.322 e. The zero-order valence-electron chi connectivity index (χ0n) is 19.4. The predicted octanol–water partition coefficient (Wildman–Crippen LogP) is 4.14. The number of nitrogens with zero attached hydrogens (tertiary/aromatic N) is 1. The molecule has 0 aliphatic heterocycles. The van der Waals surface area contributed by atoms with Crippen LogP contribution in [-0.2, 0) is 20.0 Å². The van der Waals surface area contributed by atoms with Crippen molar-refractivity contribution >= 4 is 43.0 Å². The van der Waals surface area contributed by atoms with E-state index in [0.29, 0.717) is 22.6 Å². The topological polar surface area (TPSA) is 113 Å². The molecule has 10 heteroatoms. The van der Waals surface area contributed by atoms with E-state index in [1.807, 2.05) is 32.0 Å². The summed E-state index contributed by atoms with van der Waals surface area (Å²) in [5, 5.41) is 2.71. The monoisotopic (exact) mass is 501 g/mol. The van der Waals surface area contributed by atoms with Crippen LogP contribution >= 0.6 is 0 Å². The molecule has 0 heterocycles. The van der Waals surface area contributed by atoms with Gasteiger partial charge < -0.3 is 5.32 Å². The van der Waals surface area contributed by atoms with Gasteiger partial charge in [0.25, 0.3) is 15.9 Å². The predicted molar refractivity (Wildman–Crippen MR) is 135 cm³/mol. The minimum atomic E-state index is -3.80. The van der Waals surface area contributed by atoms with Gasteiger partial charge in [-0.05, 0) is 80.4 Å². The number of amides is 1. The van der Waals surface area contributed by atoms with E-state index in [2.05, 4.69) is 10.0 Å². The van der Waals surface area contributed by atoms with Crippen LogP contribution in [0.2, 0.25) is 0 Å². The summed E-state index contributed by atoms with van der Waals surface area (Å²) < 4.78 is 53.4. The summed E-state index contributed by atoms with van der Waals surface area (Å²) in [4.78, 5) is 12.6. The van der Waals surface area contributed by atoms with Crippen LogP contribution in [0.3, 0.4) is 0 Å². The average molecular weight is 502 g/mol. The molecule has 0 fully saturated rings. The van der Waals surface area contributed by atoms with E-state index in [0.717, 1.165) is 11.1 Å². The van der Waals surface area contributed by atoms with Crippen LogP contribution in [0.1, 0.15) is 28.4 Å². The summed E-state index contributed by atoms with van der Waals surface area (Å²) in [6, 6.07) is 17.5. The highest BCUT2D eigenvalue weighted by Crippen LogP contribution is 2.24. The quantitative estimate of drug-likeness (QED) is 0.482. The molecule has 3 rings (SSSR count). The normalized spacial score (nSPS) is 11.6. The number of nitrogens with one attached hydrogen (secondary N) is 2. The molecule has 0 radical (unpaired) electrons. The first-order valence-electron chi connectivity index (χ1n) is 10.5. The van der Waals surface area contributed by atoms with Gasteiger partial charge in [0, 0.05) is 18.3 Å². The summed E-state index contributed by atoms with van der Waals surface area (Å²) in [5.74, 6) is -0.436. The second-order valence-electron chi connectivity index (χ2n) is 7.77. The van der Waals surface area contributed by atoms with Crippen molar-refractivity contribution in [3.63, 3.8) is 0 Å². The van der Waals surface area contributed by atoms with Crippen molar-refractivity contribution in [2.24, 2.45) is 0 Å². The molecule has 34 heavy (non-hydrogen) atoms. The second-order valence-corrected chi connectivity index (χ2v) is 11.7. The minimum Gasteiger partial charge on any atom is -0.322 e. The van der Waals surface area contributed by atoms with Crippen molar-refractivity contribution < 1.29 is 21.6 Å². The fourth-order valence-electron chi connectivity index (χ4n) is 3.27. The first kappa shape index (κ1) is 25.3. The van der Waals surface area contributed by atoms with E-state index < -0.39 is 26.0 Å². The zero-order chi connectivity index (χ0) is 25.1. The summed E-state index contributed by atoms with van der Waals surface area (Å²) in [7, 11) is -5.74. The molecule has 0 aliphatic carbocycles. The van der Waals surface area contributed by atoms with Gasteiger partial charge in [-0.1, -0.05) is 18.2 Å². The van der Waals surface area contributed by atoms with Crippen LogP contribution in [-0.4, -0.2) is 35.5 Å². The van der Waals surface area contributed by atoms with E-state index in [1.54, 1.807) is 19.1 Å². The molecule has 8 nitrogen and oxygen atoms in total. The smallest absolute Gasteiger partial charge is 0.261 e. The van der Waals surface area contributed by atoms with Crippen molar-refractivity contribution in [1.82, 2.24) is 0 Å². The van der Waals surface area contributed by atoms with E-state index in [9.17, 15) is 21.6 Å². The van der Waals surface area contributed by atoms with Gasteiger partial charge in [-0.3, -0.25) is 13.8 Å². The van der Waals surface area contributed by atoms with Gasteiger partial charge in [-0.15, -0.1) is 0 Å². The number of rotatable bonds is 8. The summed E-state index contributed by atoms with van der Waals surface area (Å²) in [6.45, 7) is 5.22. The average Bonchev–Trinajstić information content (AvgIpc) is 2.81. The van der Waals surface area contributed by atoms with Gasteiger partial charge in [0.15, 0.2) is 0 Å². The number of sulfonamides is 2. The molecule has 0 atom stereocenters. The van der Waals surface area contributed by atoms with E-state index in [1.165, 1.54) is 47.8 Å². The third-order valence-electron chi connectivity index (χ3n) is 5.42. The number of benzene rings is 3. The number of para-hydroxylation sites is 1. The van der Waals surface area contributed by atoms with Crippen LogP contribution in [0.4, 0.5) is 17.1 Å². The van der Waals surface area contributed by atoms with Gasteiger partial charge in [0.2, 0.25) is 10.0 Å². The Kier molecular flexibility index (Phi) is 7.32. The summed E-state index contributed by atoms with van der Waals surface area (Å²) in [6.07, 6.45) is 0. The molecule has 0 bridgehead atoms. The highest BCUT2D eigenvalue weighted by Gasteiger charge is 2.18.